The molecule has 1 unspecified atom stereocenters. The van der Waals surface area contributed by atoms with E-state index < -0.39 is 0 Å². The first-order valence-corrected chi connectivity index (χ1v) is 4.08. The molecule has 1 atom stereocenters. The summed E-state index contributed by atoms with van der Waals surface area (Å²) in [6.45, 7) is 0. The first kappa shape index (κ1) is 7.62. The number of alkyl halides is 1. The monoisotopic (exact) mass is 183 g/mol. The lowest BCUT2D eigenvalue weighted by Gasteiger charge is -2.16. The van der Waals surface area contributed by atoms with E-state index >= 15 is 0 Å². The third-order valence-corrected chi connectivity index (χ3v) is 2.22. The molecule has 3 heteroatoms. The van der Waals surface area contributed by atoms with Crippen molar-refractivity contribution in [3.8, 4) is 0 Å². The zero-order chi connectivity index (χ0) is 8.55. The van der Waals surface area contributed by atoms with Gasteiger partial charge in [-0.1, -0.05) is 12.1 Å². The van der Waals surface area contributed by atoms with Crippen LogP contribution in [0.25, 0.3) is 0 Å². The Bertz CT molecular complexity index is 335. The summed E-state index contributed by atoms with van der Waals surface area (Å²) in [5.74, 6) is -0.262. The smallest absolute Gasteiger partial charge is 0.146 e. The number of hydrogen-bond donors (Lipinski definition) is 1. The molecule has 1 aliphatic heterocycles. The first-order chi connectivity index (χ1) is 5.79. The van der Waals surface area contributed by atoms with E-state index in [0.29, 0.717) is 5.69 Å². The Kier molecular flexibility index (Phi) is 1.77. The third-order valence-electron chi connectivity index (χ3n) is 1.84. The molecule has 62 valence electrons. The highest BCUT2D eigenvalue weighted by atomic mass is 35.5. The Balaban J connectivity index is 2.57. The summed E-state index contributed by atoms with van der Waals surface area (Å²) >= 11 is 5.93. The number of anilines is 1. The van der Waals surface area contributed by atoms with Gasteiger partial charge in [-0.05, 0) is 18.3 Å². The van der Waals surface area contributed by atoms with Gasteiger partial charge in [-0.2, -0.15) is 0 Å². The number of allylic oxidation sites excluding steroid dienone is 1. The quantitative estimate of drug-likeness (QED) is 0.610. The van der Waals surface area contributed by atoms with Gasteiger partial charge in [-0.15, -0.1) is 11.6 Å². The number of fused-ring (bicyclic) bond motifs is 1. The second-order valence-corrected chi connectivity index (χ2v) is 3.08. The van der Waals surface area contributed by atoms with Crippen LogP contribution in [0.5, 0.6) is 0 Å². The van der Waals surface area contributed by atoms with Crippen molar-refractivity contribution >= 4 is 17.3 Å². The van der Waals surface area contributed by atoms with Crippen molar-refractivity contribution in [3.63, 3.8) is 0 Å². The maximum absolute atomic E-state index is 13.1. The van der Waals surface area contributed by atoms with Gasteiger partial charge in [0.05, 0.1) is 11.1 Å². The van der Waals surface area contributed by atoms with Crippen LogP contribution in [-0.2, 0) is 0 Å². The van der Waals surface area contributed by atoms with Crippen molar-refractivity contribution in [3.05, 3.63) is 41.9 Å². The molecule has 0 radical (unpaired) electrons. The Hall–Kier alpha value is -1.02. The molecule has 0 aromatic heterocycles. The van der Waals surface area contributed by atoms with E-state index in [4.69, 9.17) is 11.6 Å². The van der Waals surface area contributed by atoms with Crippen LogP contribution in [0, 0.1) is 5.82 Å². The van der Waals surface area contributed by atoms with Crippen LogP contribution < -0.4 is 5.32 Å². The molecule has 0 fully saturated rings. The minimum Gasteiger partial charge on any atom is -0.359 e. The van der Waals surface area contributed by atoms with Crippen LogP contribution in [-0.4, -0.2) is 0 Å². The molecule has 2 rings (SSSR count). The lowest BCUT2D eigenvalue weighted by molar-refractivity contribution is 0.629. The highest BCUT2D eigenvalue weighted by Gasteiger charge is 2.15. The maximum Gasteiger partial charge on any atom is 0.146 e. The fraction of sp³-hybridized carbons (Fsp3) is 0.111. The van der Waals surface area contributed by atoms with E-state index in [-0.39, 0.29) is 11.2 Å². The Labute approximate surface area is 74.8 Å². The molecule has 12 heavy (non-hydrogen) atoms. The predicted octanol–water partition coefficient (Wildman–Crippen LogP) is 3.04. The summed E-state index contributed by atoms with van der Waals surface area (Å²) in [6.07, 6.45) is 3.44. The van der Waals surface area contributed by atoms with Gasteiger partial charge in [-0.3, -0.25) is 0 Å². The van der Waals surface area contributed by atoms with E-state index in [9.17, 15) is 4.39 Å². The molecule has 1 heterocycles. The number of nitrogens with one attached hydrogen (secondary N) is 1. The summed E-state index contributed by atoms with van der Waals surface area (Å²) in [6, 6.07) is 4.88. The van der Waals surface area contributed by atoms with Crippen molar-refractivity contribution < 1.29 is 4.39 Å². The van der Waals surface area contributed by atoms with Crippen molar-refractivity contribution in [1.29, 1.82) is 0 Å². The molecule has 0 amide bonds. The van der Waals surface area contributed by atoms with Crippen LogP contribution in [0.2, 0.25) is 0 Å². The van der Waals surface area contributed by atoms with Crippen molar-refractivity contribution in [1.82, 2.24) is 0 Å². The Morgan fingerprint density at radius 2 is 2.25 bits per heavy atom. The molecule has 1 aliphatic rings. The minimum atomic E-state index is -0.262. The van der Waals surface area contributed by atoms with E-state index in [2.05, 4.69) is 5.32 Å². The molecular weight excluding hydrogens is 177 g/mol. The topological polar surface area (TPSA) is 12.0 Å². The zero-order valence-electron chi connectivity index (χ0n) is 6.22. The van der Waals surface area contributed by atoms with Crippen molar-refractivity contribution in [2.45, 2.75) is 5.38 Å². The van der Waals surface area contributed by atoms with Crippen LogP contribution in [0.4, 0.5) is 10.1 Å². The maximum atomic E-state index is 13.1. The summed E-state index contributed by atoms with van der Waals surface area (Å²) in [4.78, 5) is 0. The SMILES string of the molecule is Fc1cccc2c1NC=CC2Cl. The van der Waals surface area contributed by atoms with Crippen molar-refractivity contribution in [2.75, 3.05) is 5.32 Å². The van der Waals surface area contributed by atoms with Gasteiger partial charge in [0.25, 0.3) is 0 Å². The molecule has 0 saturated carbocycles. The van der Waals surface area contributed by atoms with Gasteiger partial charge in [0.2, 0.25) is 0 Å². The van der Waals surface area contributed by atoms with Crippen LogP contribution >= 0.6 is 11.6 Å². The first-order valence-electron chi connectivity index (χ1n) is 3.65. The standard InChI is InChI=1S/C9H7ClFN/c10-7-4-5-12-9-6(7)2-1-3-8(9)11/h1-5,7,12H. The lowest BCUT2D eigenvalue weighted by atomic mass is 10.1. The van der Waals surface area contributed by atoms with Gasteiger partial charge < -0.3 is 5.32 Å². The van der Waals surface area contributed by atoms with Gasteiger partial charge in [0.15, 0.2) is 0 Å². The van der Waals surface area contributed by atoms with Crippen LogP contribution in [0.15, 0.2) is 30.5 Å². The minimum absolute atomic E-state index is 0.225. The van der Waals surface area contributed by atoms with Gasteiger partial charge in [0.1, 0.15) is 5.82 Å². The number of halogens is 2. The molecule has 0 bridgehead atoms. The molecular formula is C9H7ClFN. The second kappa shape index (κ2) is 2.79. The summed E-state index contributed by atoms with van der Waals surface area (Å²) < 4.78 is 13.1. The van der Waals surface area contributed by atoms with Crippen LogP contribution in [0.1, 0.15) is 10.9 Å². The molecule has 1 aromatic rings. The van der Waals surface area contributed by atoms with E-state index in [1.54, 1.807) is 18.3 Å². The molecule has 1 nitrogen and oxygen atoms in total. The van der Waals surface area contributed by atoms with E-state index in [1.807, 2.05) is 6.07 Å². The van der Waals surface area contributed by atoms with Gasteiger partial charge in [0, 0.05) is 5.56 Å². The molecule has 1 aromatic carbocycles. The fourth-order valence-corrected chi connectivity index (χ4v) is 1.50. The Morgan fingerprint density at radius 1 is 1.42 bits per heavy atom. The largest absolute Gasteiger partial charge is 0.359 e. The second-order valence-electron chi connectivity index (χ2n) is 2.61. The highest BCUT2D eigenvalue weighted by molar-refractivity contribution is 6.22. The number of para-hydroxylation sites is 1. The predicted molar refractivity (Wildman–Crippen MR) is 47.8 cm³/mol. The summed E-state index contributed by atoms with van der Waals surface area (Å²) in [5, 5.41) is 2.60. The molecule has 0 aliphatic carbocycles. The van der Waals surface area contributed by atoms with E-state index in [0.717, 1.165) is 5.56 Å². The summed E-state index contributed by atoms with van der Waals surface area (Å²) in [5.41, 5.74) is 1.28. The average molecular weight is 184 g/mol. The number of hydrogen-bond acceptors (Lipinski definition) is 1. The molecule has 1 N–H and O–H groups in total. The third kappa shape index (κ3) is 1.08. The van der Waals surface area contributed by atoms with E-state index in [1.165, 1.54) is 6.07 Å². The van der Waals surface area contributed by atoms with Gasteiger partial charge >= 0.3 is 0 Å². The van der Waals surface area contributed by atoms with Crippen molar-refractivity contribution in [2.24, 2.45) is 0 Å². The Morgan fingerprint density at radius 3 is 3.00 bits per heavy atom. The molecule has 0 spiro atoms. The van der Waals surface area contributed by atoms with Gasteiger partial charge in [-0.25, -0.2) is 4.39 Å². The number of rotatable bonds is 0. The fourth-order valence-electron chi connectivity index (χ4n) is 1.24. The number of benzene rings is 1. The lowest BCUT2D eigenvalue weighted by Crippen LogP contribution is -2.04. The zero-order valence-corrected chi connectivity index (χ0v) is 6.98. The normalized spacial score (nSPS) is 20.0. The van der Waals surface area contributed by atoms with Crippen LogP contribution in [0.3, 0.4) is 0 Å². The molecule has 0 saturated heterocycles. The average Bonchev–Trinajstić information content (AvgIpc) is 2.07. The highest BCUT2D eigenvalue weighted by Crippen LogP contribution is 2.33. The summed E-state index contributed by atoms with van der Waals surface area (Å²) in [7, 11) is 0.